The number of rotatable bonds is 6. The summed E-state index contributed by atoms with van der Waals surface area (Å²) in [5.41, 5.74) is 0.210. The highest BCUT2D eigenvalue weighted by molar-refractivity contribution is 5.90. The molecule has 4 heterocycles. The van der Waals surface area contributed by atoms with Gasteiger partial charge < -0.3 is 29.4 Å². The number of hydrogen-bond donors (Lipinski definition) is 2. The van der Waals surface area contributed by atoms with Crippen molar-refractivity contribution in [3.63, 3.8) is 0 Å². The average Bonchev–Trinajstić information content (AvgIpc) is 3.28. The molecule has 12 heteroatoms. The monoisotopic (exact) mass is 562 g/mol. The van der Waals surface area contributed by atoms with Crippen molar-refractivity contribution in [1.29, 1.82) is 0 Å². The number of fused-ring (bicyclic) bond motifs is 5. The van der Waals surface area contributed by atoms with Gasteiger partial charge in [-0.15, -0.1) is 0 Å². The SMILES string of the molecule is CCC1(OC(=O)CNC(=O)CNC(=O)OC(C)(C)C)C(=O)OCc2c1cc1n(c2=O)Cc2cc3ccccc3nc2-1. The molecule has 1 unspecified atom stereocenters. The largest absolute Gasteiger partial charge is 0.457 e. The number of alkyl carbamates (subject to hydrolysis) is 1. The van der Waals surface area contributed by atoms with E-state index in [0.717, 1.165) is 16.5 Å². The topological polar surface area (TPSA) is 155 Å². The van der Waals surface area contributed by atoms with Gasteiger partial charge in [0.15, 0.2) is 0 Å². The fourth-order valence-corrected chi connectivity index (χ4v) is 5.01. The third kappa shape index (κ3) is 5.24. The Morgan fingerprint density at radius 3 is 2.59 bits per heavy atom. The molecule has 214 valence electrons. The highest BCUT2D eigenvalue weighted by Crippen LogP contribution is 2.40. The first-order chi connectivity index (χ1) is 19.4. The van der Waals surface area contributed by atoms with Crippen LogP contribution in [-0.2, 0) is 47.3 Å². The number of cyclic esters (lactones) is 1. The zero-order chi connectivity index (χ0) is 29.5. The summed E-state index contributed by atoms with van der Waals surface area (Å²) in [5.74, 6) is -2.41. The molecule has 0 bridgehead atoms. The summed E-state index contributed by atoms with van der Waals surface area (Å²) >= 11 is 0. The van der Waals surface area contributed by atoms with Crippen molar-refractivity contribution in [3.8, 4) is 11.4 Å². The molecule has 2 amide bonds. The minimum absolute atomic E-state index is 0.0143. The van der Waals surface area contributed by atoms with E-state index in [-0.39, 0.29) is 29.7 Å². The van der Waals surface area contributed by atoms with Crippen LogP contribution in [0.2, 0.25) is 0 Å². The van der Waals surface area contributed by atoms with Crippen molar-refractivity contribution in [1.82, 2.24) is 20.2 Å². The smallest absolute Gasteiger partial charge is 0.408 e. The molecular formula is C29H30N4O8. The Morgan fingerprint density at radius 1 is 1.10 bits per heavy atom. The van der Waals surface area contributed by atoms with Crippen molar-refractivity contribution < 1.29 is 33.4 Å². The number of carbonyl (C=O) groups is 4. The van der Waals surface area contributed by atoms with Crippen LogP contribution in [0.3, 0.4) is 0 Å². The maximum absolute atomic E-state index is 13.6. The summed E-state index contributed by atoms with van der Waals surface area (Å²) in [6.45, 7) is 5.71. The molecule has 3 aromatic rings. The molecule has 2 aliphatic rings. The molecule has 2 aromatic heterocycles. The van der Waals surface area contributed by atoms with Gasteiger partial charge in [0, 0.05) is 16.5 Å². The highest BCUT2D eigenvalue weighted by Gasteiger charge is 2.50. The number of hydrogen-bond acceptors (Lipinski definition) is 9. The molecule has 0 saturated heterocycles. The van der Waals surface area contributed by atoms with Crippen molar-refractivity contribution in [2.24, 2.45) is 0 Å². The lowest BCUT2D eigenvalue weighted by Gasteiger charge is -2.35. The summed E-state index contributed by atoms with van der Waals surface area (Å²) in [6.07, 6.45) is -0.802. The maximum atomic E-state index is 13.6. The Morgan fingerprint density at radius 2 is 1.85 bits per heavy atom. The van der Waals surface area contributed by atoms with E-state index >= 15 is 0 Å². The molecule has 5 rings (SSSR count). The lowest BCUT2D eigenvalue weighted by Crippen LogP contribution is -2.49. The molecule has 1 aromatic carbocycles. The number of amides is 2. The molecule has 41 heavy (non-hydrogen) atoms. The van der Waals surface area contributed by atoms with Crippen LogP contribution in [-0.4, -0.2) is 52.2 Å². The van der Waals surface area contributed by atoms with E-state index in [1.807, 2.05) is 30.3 Å². The van der Waals surface area contributed by atoms with Gasteiger partial charge in [-0.1, -0.05) is 25.1 Å². The zero-order valence-corrected chi connectivity index (χ0v) is 23.2. The van der Waals surface area contributed by atoms with Gasteiger partial charge in [0.1, 0.15) is 25.3 Å². The molecule has 0 spiro atoms. The highest BCUT2D eigenvalue weighted by atomic mass is 16.6. The summed E-state index contributed by atoms with van der Waals surface area (Å²) < 4.78 is 17.6. The number of ether oxygens (including phenoxy) is 3. The number of para-hydroxylation sites is 1. The van der Waals surface area contributed by atoms with Crippen molar-refractivity contribution in [2.75, 3.05) is 13.1 Å². The lowest BCUT2D eigenvalue weighted by atomic mass is 9.85. The second kappa shape index (κ2) is 10.3. The second-order valence-electron chi connectivity index (χ2n) is 10.9. The van der Waals surface area contributed by atoms with E-state index in [1.165, 1.54) is 0 Å². The summed E-state index contributed by atoms with van der Waals surface area (Å²) in [6, 6.07) is 11.3. The predicted molar refractivity (Wildman–Crippen MR) is 146 cm³/mol. The van der Waals surface area contributed by atoms with Gasteiger partial charge in [-0.3, -0.25) is 14.4 Å². The van der Waals surface area contributed by atoms with Gasteiger partial charge in [-0.2, -0.15) is 0 Å². The first-order valence-electron chi connectivity index (χ1n) is 13.2. The van der Waals surface area contributed by atoms with Crippen molar-refractivity contribution in [2.45, 2.75) is 58.5 Å². The Hall–Kier alpha value is -4.74. The first kappa shape index (κ1) is 27.8. The van der Waals surface area contributed by atoms with E-state index < -0.39 is 48.2 Å². The van der Waals surface area contributed by atoms with Crippen LogP contribution >= 0.6 is 0 Å². The molecule has 0 radical (unpaired) electrons. The van der Waals surface area contributed by atoms with E-state index in [2.05, 4.69) is 10.6 Å². The number of nitrogens with one attached hydrogen (secondary N) is 2. The molecule has 1 atom stereocenters. The van der Waals surface area contributed by atoms with E-state index in [4.69, 9.17) is 19.2 Å². The fourth-order valence-electron chi connectivity index (χ4n) is 5.01. The minimum atomic E-state index is -1.89. The van der Waals surface area contributed by atoms with Crippen LogP contribution in [0, 0.1) is 0 Å². The lowest BCUT2D eigenvalue weighted by molar-refractivity contribution is -0.189. The van der Waals surface area contributed by atoms with E-state index in [1.54, 1.807) is 38.3 Å². The molecule has 12 nitrogen and oxygen atoms in total. The van der Waals surface area contributed by atoms with Gasteiger partial charge in [-0.25, -0.2) is 14.6 Å². The van der Waals surface area contributed by atoms with Gasteiger partial charge >= 0.3 is 18.0 Å². The van der Waals surface area contributed by atoms with Gasteiger partial charge in [-0.05, 0) is 45.4 Å². The summed E-state index contributed by atoms with van der Waals surface area (Å²) in [5, 5.41) is 5.57. The third-order valence-electron chi connectivity index (χ3n) is 6.89. The second-order valence-corrected chi connectivity index (χ2v) is 10.9. The van der Waals surface area contributed by atoms with Crippen LogP contribution in [0.1, 0.15) is 50.8 Å². The Bertz CT molecular complexity index is 1650. The minimum Gasteiger partial charge on any atom is -0.457 e. The molecule has 2 aliphatic heterocycles. The van der Waals surface area contributed by atoms with E-state index in [9.17, 15) is 24.0 Å². The Balaban J connectivity index is 1.38. The molecule has 0 fully saturated rings. The molecule has 0 saturated carbocycles. The quantitative estimate of drug-likeness (QED) is 0.266. The molecular weight excluding hydrogens is 532 g/mol. The van der Waals surface area contributed by atoms with Crippen LogP contribution in [0.25, 0.3) is 22.3 Å². The molecule has 2 N–H and O–H groups in total. The number of nitrogens with zero attached hydrogens (tertiary/aromatic N) is 2. The van der Waals surface area contributed by atoms with Crippen LogP contribution < -0.4 is 16.2 Å². The number of carbonyl (C=O) groups excluding carboxylic acids is 4. The standard InChI is InChI=1S/C29H30N4O8/c1-5-29(40-23(35)13-30-22(34)12-31-27(38)41-28(2,3)4)19-11-21-24-17(10-16-8-6-7-9-20(16)32-24)14-33(21)25(36)18(19)15-39-26(29)37/h6-11H,5,12-15H2,1-4H3,(H,30,34)(H,31,38). The van der Waals surface area contributed by atoms with Crippen LogP contribution in [0.4, 0.5) is 4.79 Å². The first-order valence-corrected chi connectivity index (χ1v) is 13.2. The number of aromatic nitrogens is 2. The number of esters is 2. The van der Waals surface area contributed by atoms with Gasteiger partial charge in [0.05, 0.1) is 29.0 Å². The third-order valence-corrected chi connectivity index (χ3v) is 6.89. The van der Waals surface area contributed by atoms with Gasteiger partial charge in [0.2, 0.25) is 11.5 Å². The van der Waals surface area contributed by atoms with E-state index in [0.29, 0.717) is 17.9 Å². The Labute approximate surface area is 235 Å². The summed E-state index contributed by atoms with van der Waals surface area (Å²) in [4.78, 5) is 68.3. The van der Waals surface area contributed by atoms with Gasteiger partial charge in [0.25, 0.3) is 5.56 Å². The normalized spacial score (nSPS) is 17.1. The maximum Gasteiger partial charge on any atom is 0.408 e. The van der Waals surface area contributed by atoms with Crippen molar-refractivity contribution >= 4 is 34.8 Å². The van der Waals surface area contributed by atoms with Crippen LogP contribution in [0.15, 0.2) is 41.2 Å². The number of pyridine rings is 2. The fraction of sp³-hybridized carbons (Fsp3) is 0.379. The summed E-state index contributed by atoms with van der Waals surface area (Å²) in [7, 11) is 0. The number of benzene rings is 1. The van der Waals surface area contributed by atoms with Crippen LogP contribution in [0.5, 0.6) is 0 Å². The average molecular weight is 563 g/mol. The predicted octanol–water partition coefficient (Wildman–Crippen LogP) is 2.27. The zero-order valence-electron chi connectivity index (χ0n) is 23.2. The molecule has 0 aliphatic carbocycles. The Kier molecular flexibility index (Phi) is 7.02. The van der Waals surface area contributed by atoms with Crippen molar-refractivity contribution in [3.05, 3.63) is 63.4 Å².